The van der Waals surface area contributed by atoms with Gasteiger partial charge in [-0.3, -0.25) is 19.0 Å². The van der Waals surface area contributed by atoms with E-state index in [0.29, 0.717) is 53.4 Å². The lowest BCUT2D eigenvalue weighted by Crippen LogP contribution is -2.33. The van der Waals surface area contributed by atoms with E-state index in [4.69, 9.17) is 9.47 Å². The van der Waals surface area contributed by atoms with Gasteiger partial charge in [0.05, 0.1) is 19.9 Å². The number of hydrogen-bond donors (Lipinski definition) is 1. The summed E-state index contributed by atoms with van der Waals surface area (Å²) < 4.78 is 12.0. The number of nitrogens with zero attached hydrogens (tertiary/aromatic N) is 1. The molecule has 31 heavy (non-hydrogen) atoms. The molecule has 2 aromatic carbocycles. The fourth-order valence-electron chi connectivity index (χ4n) is 3.80. The van der Waals surface area contributed by atoms with E-state index in [0.717, 1.165) is 0 Å². The van der Waals surface area contributed by atoms with Crippen LogP contribution in [0.4, 0.5) is 5.69 Å². The summed E-state index contributed by atoms with van der Waals surface area (Å²) in [5.74, 6) is 0.284. The molecule has 7 heteroatoms. The van der Waals surface area contributed by atoms with Crippen LogP contribution in [-0.4, -0.2) is 30.5 Å². The molecule has 3 aromatic rings. The van der Waals surface area contributed by atoms with Crippen LogP contribution in [0.2, 0.25) is 0 Å². The number of Topliss-reactive ketones (excluding diaryl/α,β-unsaturated/α-hetero) is 1. The standard InChI is InChI=1S/C24H22N2O5/c1-30-16-11-12-19(22(13-16)31-2)25-23(28)18-14-17-20(9-6-10-21(17)27)26(24(18)29)15-7-4-3-5-8-15/h3-5,7-8,11-14H,6,9-10H2,1-2H3,(H,25,28). The highest BCUT2D eigenvalue weighted by atomic mass is 16.5. The molecule has 7 nitrogen and oxygen atoms in total. The van der Waals surface area contributed by atoms with E-state index >= 15 is 0 Å². The Kier molecular flexibility index (Phi) is 5.58. The predicted molar refractivity (Wildman–Crippen MR) is 117 cm³/mol. The molecule has 0 fully saturated rings. The van der Waals surface area contributed by atoms with Gasteiger partial charge in [-0.2, -0.15) is 0 Å². The normalized spacial score (nSPS) is 12.8. The molecule has 1 aliphatic rings. The minimum absolute atomic E-state index is 0.0676. The summed E-state index contributed by atoms with van der Waals surface area (Å²) in [5, 5.41) is 2.73. The second kappa shape index (κ2) is 8.47. The average molecular weight is 418 g/mol. The zero-order valence-corrected chi connectivity index (χ0v) is 17.3. The molecule has 158 valence electrons. The molecule has 0 aliphatic heterocycles. The molecular weight excluding hydrogens is 396 g/mol. The molecule has 0 bridgehead atoms. The third-order valence-corrected chi connectivity index (χ3v) is 5.34. The van der Waals surface area contributed by atoms with Crippen LogP contribution in [-0.2, 0) is 6.42 Å². The summed E-state index contributed by atoms with van der Waals surface area (Å²) >= 11 is 0. The quantitative estimate of drug-likeness (QED) is 0.684. The highest BCUT2D eigenvalue weighted by Crippen LogP contribution is 2.30. The van der Waals surface area contributed by atoms with Crippen molar-refractivity contribution in [3.05, 3.63) is 81.8 Å². The predicted octanol–water partition coefficient (Wildman–Crippen LogP) is 3.63. The molecule has 0 radical (unpaired) electrons. The molecule has 0 saturated carbocycles. The number of ether oxygens (including phenoxy) is 2. The van der Waals surface area contributed by atoms with Crippen molar-refractivity contribution in [1.82, 2.24) is 4.57 Å². The maximum Gasteiger partial charge on any atom is 0.268 e. The number of amides is 1. The van der Waals surface area contributed by atoms with Crippen molar-refractivity contribution in [2.75, 3.05) is 19.5 Å². The van der Waals surface area contributed by atoms with Gasteiger partial charge in [0, 0.05) is 29.4 Å². The van der Waals surface area contributed by atoms with Crippen LogP contribution >= 0.6 is 0 Å². The number of fused-ring (bicyclic) bond motifs is 1. The summed E-state index contributed by atoms with van der Waals surface area (Å²) in [4.78, 5) is 39.1. The number of carbonyl (C=O) groups excluding carboxylic acids is 2. The summed E-state index contributed by atoms with van der Waals surface area (Å²) in [6.07, 6.45) is 1.67. The number of rotatable bonds is 5. The first-order valence-corrected chi connectivity index (χ1v) is 9.94. The average Bonchev–Trinajstić information content (AvgIpc) is 2.79. The SMILES string of the molecule is COc1ccc(NC(=O)c2cc3c(n(-c4ccccc4)c2=O)CCCC3=O)c(OC)c1. The number of benzene rings is 2. The minimum atomic E-state index is -0.612. The van der Waals surface area contributed by atoms with Gasteiger partial charge in [-0.05, 0) is 43.2 Å². The van der Waals surface area contributed by atoms with Gasteiger partial charge in [0.2, 0.25) is 0 Å². The van der Waals surface area contributed by atoms with Crippen LogP contribution in [0, 0.1) is 0 Å². The summed E-state index contributed by atoms with van der Waals surface area (Å²) in [7, 11) is 3.01. The number of pyridine rings is 1. The third-order valence-electron chi connectivity index (χ3n) is 5.34. The molecule has 1 aromatic heterocycles. The molecule has 0 saturated heterocycles. The van der Waals surface area contributed by atoms with Crippen molar-refractivity contribution in [2.24, 2.45) is 0 Å². The lowest BCUT2D eigenvalue weighted by Gasteiger charge is -2.21. The lowest BCUT2D eigenvalue weighted by molar-refractivity contribution is 0.0971. The van der Waals surface area contributed by atoms with Crippen molar-refractivity contribution in [1.29, 1.82) is 0 Å². The number of methoxy groups -OCH3 is 2. The van der Waals surface area contributed by atoms with Crippen LogP contribution in [0.15, 0.2) is 59.4 Å². The van der Waals surface area contributed by atoms with Gasteiger partial charge in [0.1, 0.15) is 17.1 Å². The van der Waals surface area contributed by atoms with Gasteiger partial charge in [-0.25, -0.2) is 0 Å². The van der Waals surface area contributed by atoms with Gasteiger partial charge in [0.25, 0.3) is 11.5 Å². The largest absolute Gasteiger partial charge is 0.497 e. The summed E-state index contributed by atoms with van der Waals surface area (Å²) in [6, 6.07) is 15.4. The van der Waals surface area contributed by atoms with Crippen LogP contribution in [0.25, 0.3) is 5.69 Å². The third kappa shape index (κ3) is 3.82. The van der Waals surface area contributed by atoms with Crippen LogP contribution in [0.1, 0.15) is 39.3 Å². The van der Waals surface area contributed by atoms with Gasteiger partial charge in [-0.15, -0.1) is 0 Å². The summed E-state index contributed by atoms with van der Waals surface area (Å²) in [5.41, 5.74) is 1.51. The topological polar surface area (TPSA) is 86.6 Å². The molecule has 1 amide bonds. The zero-order valence-electron chi connectivity index (χ0n) is 17.3. The van der Waals surface area contributed by atoms with Crippen LogP contribution < -0.4 is 20.3 Å². The first-order chi connectivity index (χ1) is 15.0. The number of carbonyl (C=O) groups is 2. The molecule has 1 N–H and O–H groups in total. The van der Waals surface area contributed by atoms with Crippen molar-refractivity contribution in [3.8, 4) is 17.2 Å². The molecule has 0 spiro atoms. The van der Waals surface area contributed by atoms with E-state index in [1.807, 2.05) is 18.2 Å². The highest BCUT2D eigenvalue weighted by molar-refractivity contribution is 6.07. The number of ketones is 1. The van der Waals surface area contributed by atoms with Gasteiger partial charge < -0.3 is 14.8 Å². The van der Waals surface area contributed by atoms with E-state index in [2.05, 4.69) is 5.32 Å². The first-order valence-electron chi connectivity index (χ1n) is 9.94. The Hall–Kier alpha value is -3.87. The van der Waals surface area contributed by atoms with Crippen LogP contribution in [0.5, 0.6) is 11.5 Å². The Morgan fingerprint density at radius 1 is 0.968 bits per heavy atom. The zero-order chi connectivity index (χ0) is 22.0. The Morgan fingerprint density at radius 3 is 2.45 bits per heavy atom. The van der Waals surface area contributed by atoms with Gasteiger partial charge in [-0.1, -0.05) is 18.2 Å². The molecule has 4 rings (SSSR count). The second-order valence-corrected chi connectivity index (χ2v) is 7.19. The summed E-state index contributed by atoms with van der Waals surface area (Å²) in [6.45, 7) is 0. The molecule has 1 heterocycles. The Labute approximate surface area is 179 Å². The van der Waals surface area contributed by atoms with Crippen LogP contribution in [0.3, 0.4) is 0 Å². The maximum absolute atomic E-state index is 13.4. The second-order valence-electron chi connectivity index (χ2n) is 7.19. The molecule has 1 aliphatic carbocycles. The van der Waals surface area contributed by atoms with E-state index in [-0.39, 0.29) is 11.3 Å². The molecule has 0 unspecified atom stereocenters. The van der Waals surface area contributed by atoms with Crippen molar-refractivity contribution in [3.63, 3.8) is 0 Å². The monoisotopic (exact) mass is 418 g/mol. The molecule has 0 atom stereocenters. The fraction of sp³-hybridized carbons (Fsp3) is 0.208. The van der Waals surface area contributed by atoms with Crippen molar-refractivity contribution in [2.45, 2.75) is 19.3 Å². The van der Waals surface area contributed by atoms with Crippen molar-refractivity contribution < 1.29 is 19.1 Å². The lowest BCUT2D eigenvalue weighted by atomic mass is 9.92. The van der Waals surface area contributed by atoms with Gasteiger partial charge in [0.15, 0.2) is 5.78 Å². The highest BCUT2D eigenvalue weighted by Gasteiger charge is 2.26. The van der Waals surface area contributed by atoms with E-state index in [9.17, 15) is 14.4 Å². The van der Waals surface area contributed by atoms with Gasteiger partial charge >= 0.3 is 0 Å². The first kappa shape index (κ1) is 20.4. The number of para-hydroxylation sites is 1. The molecular formula is C24H22N2O5. The van der Waals surface area contributed by atoms with E-state index in [1.165, 1.54) is 24.9 Å². The Bertz CT molecular complexity index is 1210. The smallest absolute Gasteiger partial charge is 0.268 e. The Balaban J connectivity index is 1.82. The fourth-order valence-corrected chi connectivity index (χ4v) is 3.80. The van der Waals surface area contributed by atoms with E-state index < -0.39 is 11.5 Å². The Morgan fingerprint density at radius 2 is 1.74 bits per heavy atom. The maximum atomic E-state index is 13.4. The van der Waals surface area contributed by atoms with Crippen molar-refractivity contribution >= 4 is 17.4 Å². The number of nitrogens with one attached hydrogen (secondary N) is 1. The minimum Gasteiger partial charge on any atom is -0.497 e. The van der Waals surface area contributed by atoms with E-state index in [1.54, 1.807) is 30.3 Å². The number of hydrogen-bond acceptors (Lipinski definition) is 5. The number of aromatic nitrogens is 1. The number of anilines is 1.